The van der Waals surface area contributed by atoms with Gasteiger partial charge in [-0.2, -0.15) is 13.2 Å². The molecular weight excluding hydrogens is 323 g/mol. The first-order valence-corrected chi connectivity index (χ1v) is 7.63. The van der Waals surface area contributed by atoms with Gasteiger partial charge in [-0.1, -0.05) is 5.21 Å². The van der Waals surface area contributed by atoms with Gasteiger partial charge in [-0.25, -0.2) is 9.97 Å². The predicted octanol–water partition coefficient (Wildman–Crippen LogP) is 1.70. The number of hydrogen-bond donors (Lipinski definition) is 1. The first-order valence-electron chi connectivity index (χ1n) is 7.63. The summed E-state index contributed by atoms with van der Waals surface area (Å²) >= 11 is 0. The molecule has 1 fully saturated rings. The van der Waals surface area contributed by atoms with Gasteiger partial charge >= 0.3 is 6.18 Å². The van der Waals surface area contributed by atoms with Gasteiger partial charge in [0.1, 0.15) is 17.8 Å². The number of piperidine rings is 1. The molecule has 0 radical (unpaired) electrons. The largest absolute Gasteiger partial charge is 0.433 e. The second-order valence-corrected chi connectivity index (χ2v) is 5.89. The van der Waals surface area contributed by atoms with Gasteiger partial charge in [0, 0.05) is 38.4 Å². The first kappa shape index (κ1) is 16.6. The Balaban J connectivity index is 1.61. The SMILES string of the molecule is Cn1cc(CN2CCCC(Nc3cc(C(F)(F)F)ncn3)C2)nn1. The Labute approximate surface area is 136 Å². The Morgan fingerprint density at radius 1 is 1.33 bits per heavy atom. The van der Waals surface area contributed by atoms with Gasteiger partial charge in [0.25, 0.3) is 0 Å². The van der Waals surface area contributed by atoms with Crippen molar-refractivity contribution in [1.29, 1.82) is 0 Å². The fourth-order valence-electron chi connectivity index (χ4n) is 2.81. The van der Waals surface area contributed by atoms with Crippen molar-refractivity contribution >= 4 is 5.82 Å². The molecular formula is C14H18F3N7. The molecule has 0 aliphatic carbocycles. The Kier molecular flexibility index (Phi) is 4.65. The molecule has 7 nitrogen and oxygen atoms in total. The maximum atomic E-state index is 12.7. The number of halogens is 3. The first-order chi connectivity index (χ1) is 11.4. The lowest BCUT2D eigenvalue weighted by molar-refractivity contribution is -0.141. The number of anilines is 1. The quantitative estimate of drug-likeness (QED) is 0.913. The monoisotopic (exact) mass is 341 g/mol. The average molecular weight is 341 g/mol. The Bertz CT molecular complexity index is 685. The van der Waals surface area contributed by atoms with E-state index in [-0.39, 0.29) is 11.9 Å². The highest BCUT2D eigenvalue weighted by molar-refractivity contribution is 5.37. The highest BCUT2D eigenvalue weighted by Gasteiger charge is 2.33. The number of rotatable bonds is 4. The van der Waals surface area contributed by atoms with Crippen LogP contribution in [0.1, 0.15) is 24.2 Å². The molecule has 0 spiro atoms. The van der Waals surface area contributed by atoms with Crippen molar-refractivity contribution in [2.24, 2.45) is 7.05 Å². The highest BCUT2D eigenvalue weighted by atomic mass is 19.4. The summed E-state index contributed by atoms with van der Waals surface area (Å²) in [6.45, 7) is 2.30. The zero-order valence-electron chi connectivity index (χ0n) is 13.2. The molecule has 3 heterocycles. The molecule has 0 amide bonds. The van der Waals surface area contributed by atoms with Gasteiger partial charge in [0.2, 0.25) is 0 Å². The van der Waals surface area contributed by atoms with E-state index in [0.29, 0.717) is 13.1 Å². The molecule has 3 rings (SSSR count). The van der Waals surface area contributed by atoms with E-state index in [9.17, 15) is 13.2 Å². The summed E-state index contributed by atoms with van der Waals surface area (Å²) in [5.41, 5.74) is -0.0632. The molecule has 0 bridgehead atoms. The van der Waals surface area contributed by atoms with Crippen LogP contribution in [0.2, 0.25) is 0 Å². The minimum Gasteiger partial charge on any atom is -0.366 e. The van der Waals surface area contributed by atoms with Crippen molar-refractivity contribution in [2.45, 2.75) is 31.6 Å². The van der Waals surface area contributed by atoms with Crippen molar-refractivity contribution in [3.05, 3.63) is 30.0 Å². The van der Waals surface area contributed by atoms with Gasteiger partial charge < -0.3 is 5.32 Å². The van der Waals surface area contributed by atoms with Crippen molar-refractivity contribution in [2.75, 3.05) is 18.4 Å². The van der Waals surface area contributed by atoms with Gasteiger partial charge in [-0.15, -0.1) is 5.10 Å². The number of nitrogens with zero attached hydrogens (tertiary/aromatic N) is 6. The number of likely N-dealkylation sites (tertiary alicyclic amines) is 1. The van der Waals surface area contributed by atoms with Crippen LogP contribution in [0.15, 0.2) is 18.6 Å². The van der Waals surface area contributed by atoms with E-state index in [4.69, 9.17) is 0 Å². The van der Waals surface area contributed by atoms with Crippen LogP contribution >= 0.6 is 0 Å². The second-order valence-electron chi connectivity index (χ2n) is 5.89. The summed E-state index contributed by atoms with van der Waals surface area (Å²) in [7, 11) is 1.81. The molecule has 1 atom stereocenters. The normalized spacial score (nSPS) is 19.4. The van der Waals surface area contributed by atoms with Gasteiger partial charge in [0.05, 0.1) is 5.69 Å². The van der Waals surface area contributed by atoms with Crippen molar-refractivity contribution in [1.82, 2.24) is 29.9 Å². The molecule has 0 saturated carbocycles. The molecule has 1 saturated heterocycles. The van der Waals surface area contributed by atoms with Gasteiger partial charge in [-0.05, 0) is 19.4 Å². The third-order valence-electron chi connectivity index (χ3n) is 3.85. The van der Waals surface area contributed by atoms with Crippen LogP contribution in [0.25, 0.3) is 0 Å². The summed E-state index contributed by atoms with van der Waals surface area (Å²) in [6.07, 6.45) is 0.157. The van der Waals surface area contributed by atoms with Crippen molar-refractivity contribution in [3.8, 4) is 0 Å². The molecule has 1 unspecified atom stereocenters. The number of nitrogens with one attached hydrogen (secondary N) is 1. The summed E-state index contributed by atoms with van der Waals surface area (Å²) in [4.78, 5) is 9.37. The number of hydrogen-bond acceptors (Lipinski definition) is 6. The second kappa shape index (κ2) is 6.71. The van der Waals surface area contributed by atoms with Crippen LogP contribution in [0.4, 0.5) is 19.0 Å². The van der Waals surface area contributed by atoms with E-state index in [1.807, 2.05) is 13.2 Å². The topological polar surface area (TPSA) is 71.8 Å². The maximum Gasteiger partial charge on any atom is 0.433 e. The fourth-order valence-corrected chi connectivity index (χ4v) is 2.81. The maximum absolute atomic E-state index is 12.7. The van der Waals surface area contributed by atoms with Crippen LogP contribution in [-0.2, 0) is 19.8 Å². The minimum absolute atomic E-state index is 0.0337. The molecule has 2 aromatic rings. The van der Waals surface area contributed by atoms with E-state index in [2.05, 4.69) is 30.5 Å². The van der Waals surface area contributed by atoms with Crippen LogP contribution < -0.4 is 5.32 Å². The molecule has 0 aromatic carbocycles. The Hall–Kier alpha value is -2.23. The predicted molar refractivity (Wildman–Crippen MR) is 80.0 cm³/mol. The Morgan fingerprint density at radius 3 is 2.88 bits per heavy atom. The van der Waals surface area contributed by atoms with E-state index in [1.54, 1.807) is 4.68 Å². The third-order valence-corrected chi connectivity index (χ3v) is 3.85. The summed E-state index contributed by atoms with van der Waals surface area (Å²) in [5, 5.41) is 11.0. The summed E-state index contributed by atoms with van der Waals surface area (Å²) in [6, 6.07) is 0.980. The Morgan fingerprint density at radius 2 is 2.17 bits per heavy atom. The molecule has 24 heavy (non-hydrogen) atoms. The average Bonchev–Trinajstić information content (AvgIpc) is 2.92. The molecule has 130 valence electrons. The molecule has 1 aliphatic rings. The lowest BCUT2D eigenvalue weighted by Gasteiger charge is -2.32. The number of alkyl halides is 3. The smallest absolute Gasteiger partial charge is 0.366 e. The number of aryl methyl sites for hydroxylation is 1. The zero-order valence-corrected chi connectivity index (χ0v) is 13.2. The minimum atomic E-state index is -4.47. The fraction of sp³-hybridized carbons (Fsp3) is 0.571. The van der Waals surface area contributed by atoms with Crippen molar-refractivity contribution < 1.29 is 13.2 Å². The van der Waals surface area contributed by atoms with Gasteiger partial charge in [-0.3, -0.25) is 9.58 Å². The van der Waals surface area contributed by atoms with E-state index >= 15 is 0 Å². The summed E-state index contributed by atoms with van der Waals surface area (Å²) < 4.78 is 39.8. The summed E-state index contributed by atoms with van der Waals surface area (Å²) in [5.74, 6) is 0.198. The van der Waals surface area contributed by atoms with Crippen LogP contribution in [0, 0.1) is 0 Å². The zero-order chi connectivity index (χ0) is 17.2. The van der Waals surface area contributed by atoms with Gasteiger partial charge in [0.15, 0.2) is 0 Å². The van der Waals surface area contributed by atoms with Crippen molar-refractivity contribution in [3.63, 3.8) is 0 Å². The lowest BCUT2D eigenvalue weighted by atomic mass is 10.1. The highest BCUT2D eigenvalue weighted by Crippen LogP contribution is 2.28. The molecule has 1 aliphatic heterocycles. The third kappa shape index (κ3) is 4.19. The van der Waals surface area contributed by atoms with Crippen LogP contribution in [-0.4, -0.2) is 49.0 Å². The lowest BCUT2D eigenvalue weighted by Crippen LogP contribution is -2.41. The van der Waals surface area contributed by atoms with Crippen LogP contribution in [0.5, 0.6) is 0 Å². The van der Waals surface area contributed by atoms with Crippen LogP contribution in [0.3, 0.4) is 0 Å². The number of aromatic nitrogens is 5. The molecule has 1 N–H and O–H groups in total. The van der Waals surface area contributed by atoms with E-state index < -0.39 is 11.9 Å². The van der Waals surface area contributed by atoms with E-state index in [0.717, 1.165) is 37.5 Å². The standard InChI is InChI=1S/C14H18F3N7/c1-23-6-11(21-22-23)8-24-4-2-3-10(7-24)20-13-5-12(14(15,16)17)18-9-19-13/h5-6,9-10H,2-4,7-8H2,1H3,(H,18,19,20). The molecule has 2 aromatic heterocycles. The molecule has 10 heteroatoms. The van der Waals surface area contributed by atoms with E-state index in [1.165, 1.54) is 0 Å².